The molecule has 0 amide bonds. The summed E-state index contributed by atoms with van der Waals surface area (Å²) in [5.74, 6) is 0. The SMILES string of the molecule is N[C@@H](c1cccs1)c1ccnc2ccccc12. The van der Waals surface area contributed by atoms with Gasteiger partial charge in [0.1, 0.15) is 0 Å². The predicted octanol–water partition coefficient (Wildman–Crippen LogP) is 3.34. The molecule has 0 saturated carbocycles. The van der Waals surface area contributed by atoms with Crippen molar-refractivity contribution >= 4 is 22.2 Å². The zero-order valence-electron chi connectivity index (χ0n) is 9.21. The predicted molar refractivity (Wildman–Crippen MR) is 72.1 cm³/mol. The summed E-state index contributed by atoms with van der Waals surface area (Å²) in [6.45, 7) is 0. The second kappa shape index (κ2) is 4.28. The van der Waals surface area contributed by atoms with Crippen LogP contribution in [-0.4, -0.2) is 4.98 Å². The number of aromatic nitrogens is 1. The maximum absolute atomic E-state index is 6.31. The minimum Gasteiger partial charge on any atom is -0.320 e. The number of fused-ring (bicyclic) bond motifs is 1. The van der Waals surface area contributed by atoms with E-state index in [4.69, 9.17) is 5.73 Å². The van der Waals surface area contributed by atoms with E-state index in [2.05, 4.69) is 22.5 Å². The first-order valence-electron chi connectivity index (χ1n) is 5.49. The second-order valence-corrected chi connectivity index (χ2v) is 4.89. The Morgan fingerprint density at radius 1 is 1.06 bits per heavy atom. The molecule has 0 aliphatic rings. The van der Waals surface area contributed by atoms with Crippen LogP contribution < -0.4 is 5.73 Å². The largest absolute Gasteiger partial charge is 0.320 e. The number of nitrogens with zero attached hydrogens (tertiary/aromatic N) is 1. The first-order valence-corrected chi connectivity index (χ1v) is 6.37. The average Bonchev–Trinajstić information content (AvgIpc) is 2.91. The van der Waals surface area contributed by atoms with Crippen molar-refractivity contribution in [2.75, 3.05) is 0 Å². The highest BCUT2D eigenvalue weighted by Crippen LogP contribution is 2.28. The quantitative estimate of drug-likeness (QED) is 0.746. The number of pyridine rings is 1. The van der Waals surface area contributed by atoms with Crippen molar-refractivity contribution in [2.24, 2.45) is 5.73 Å². The molecule has 2 heterocycles. The third-order valence-corrected chi connectivity index (χ3v) is 3.82. The van der Waals surface area contributed by atoms with Gasteiger partial charge in [0.15, 0.2) is 0 Å². The molecular formula is C14H12N2S. The Morgan fingerprint density at radius 2 is 1.94 bits per heavy atom. The van der Waals surface area contributed by atoms with Crippen molar-refractivity contribution in [1.82, 2.24) is 4.98 Å². The third kappa shape index (κ3) is 1.84. The summed E-state index contributed by atoms with van der Waals surface area (Å²) in [7, 11) is 0. The summed E-state index contributed by atoms with van der Waals surface area (Å²) < 4.78 is 0. The van der Waals surface area contributed by atoms with Gasteiger partial charge in [-0.1, -0.05) is 24.3 Å². The first-order chi connectivity index (χ1) is 8.36. The van der Waals surface area contributed by atoms with E-state index in [1.54, 1.807) is 11.3 Å². The zero-order valence-corrected chi connectivity index (χ0v) is 10.0. The van der Waals surface area contributed by atoms with Crippen molar-refractivity contribution in [2.45, 2.75) is 6.04 Å². The molecular weight excluding hydrogens is 228 g/mol. The van der Waals surface area contributed by atoms with Gasteiger partial charge in [-0.3, -0.25) is 4.98 Å². The molecule has 2 nitrogen and oxygen atoms in total. The number of rotatable bonds is 2. The van der Waals surface area contributed by atoms with Crippen molar-refractivity contribution in [3.05, 3.63) is 64.5 Å². The summed E-state index contributed by atoms with van der Waals surface area (Å²) >= 11 is 1.69. The summed E-state index contributed by atoms with van der Waals surface area (Å²) in [4.78, 5) is 5.54. The van der Waals surface area contributed by atoms with Gasteiger partial charge in [-0.25, -0.2) is 0 Å². The van der Waals surface area contributed by atoms with Crippen LogP contribution in [-0.2, 0) is 0 Å². The highest BCUT2D eigenvalue weighted by Gasteiger charge is 2.12. The van der Waals surface area contributed by atoms with Crippen LogP contribution in [0.3, 0.4) is 0 Å². The highest BCUT2D eigenvalue weighted by molar-refractivity contribution is 7.10. The molecule has 3 rings (SSSR count). The number of para-hydroxylation sites is 1. The van der Waals surface area contributed by atoms with Gasteiger partial charge in [0.05, 0.1) is 11.6 Å². The normalized spacial score (nSPS) is 12.8. The van der Waals surface area contributed by atoms with Gasteiger partial charge >= 0.3 is 0 Å². The van der Waals surface area contributed by atoms with Crippen LogP contribution in [0, 0.1) is 0 Å². The Bertz CT molecular complexity index is 626. The van der Waals surface area contributed by atoms with Crippen molar-refractivity contribution < 1.29 is 0 Å². The topological polar surface area (TPSA) is 38.9 Å². The molecule has 0 aliphatic heterocycles. The fraction of sp³-hybridized carbons (Fsp3) is 0.0714. The zero-order chi connectivity index (χ0) is 11.7. The van der Waals surface area contributed by atoms with Crippen LogP contribution in [0.1, 0.15) is 16.5 Å². The molecule has 0 bridgehead atoms. The van der Waals surface area contributed by atoms with Crippen LogP contribution in [0.2, 0.25) is 0 Å². The van der Waals surface area contributed by atoms with E-state index in [1.165, 1.54) is 4.88 Å². The molecule has 3 heteroatoms. The maximum Gasteiger partial charge on any atom is 0.0705 e. The van der Waals surface area contributed by atoms with Gasteiger partial charge in [-0.2, -0.15) is 0 Å². The van der Waals surface area contributed by atoms with Gasteiger partial charge < -0.3 is 5.73 Å². The van der Waals surface area contributed by atoms with Crippen LogP contribution in [0.25, 0.3) is 10.9 Å². The molecule has 0 fully saturated rings. The maximum atomic E-state index is 6.31. The number of thiophene rings is 1. The Kier molecular flexibility index (Phi) is 2.63. The standard InChI is InChI=1S/C14H12N2S/c15-14(13-6-3-9-17-13)11-7-8-16-12-5-2-1-4-10(11)12/h1-9,14H,15H2/t14-/m1/s1. The molecule has 0 saturated heterocycles. The van der Waals surface area contributed by atoms with E-state index < -0.39 is 0 Å². The second-order valence-electron chi connectivity index (χ2n) is 3.91. The summed E-state index contributed by atoms with van der Waals surface area (Å²) in [5, 5.41) is 3.19. The van der Waals surface area contributed by atoms with Gasteiger partial charge in [-0.05, 0) is 29.1 Å². The van der Waals surface area contributed by atoms with E-state index in [9.17, 15) is 0 Å². The van der Waals surface area contributed by atoms with Gasteiger partial charge in [0.2, 0.25) is 0 Å². The van der Waals surface area contributed by atoms with Crippen molar-refractivity contribution in [3.63, 3.8) is 0 Å². The monoisotopic (exact) mass is 240 g/mol. The van der Waals surface area contributed by atoms with Gasteiger partial charge in [0, 0.05) is 16.5 Å². The lowest BCUT2D eigenvalue weighted by atomic mass is 10.0. The molecule has 2 aromatic heterocycles. The minimum atomic E-state index is -0.0668. The lowest BCUT2D eigenvalue weighted by Gasteiger charge is -2.12. The molecule has 0 spiro atoms. The number of hydrogen-bond donors (Lipinski definition) is 1. The molecule has 0 radical (unpaired) electrons. The Labute approximate surface area is 104 Å². The minimum absolute atomic E-state index is 0.0668. The molecule has 84 valence electrons. The number of hydrogen-bond acceptors (Lipinski definition) is 3. The fourth-order valence-corrected chi connectivity index (χ4v) is 2.76. The average molecular weight is 240 g/mol. The highest BCUT2D eigenvalue weighted by atomic mass is 32.1. The molecule has 1 atom stereocenters. The molecule has 0 aliphatic carbocycles. The molecule has 3 aromatic rings. The van der Waals surface area contributed by atoms with Gasteiger partial charge in [-0.15, -0.1) is 11.3 Å². The van der Waals surface area contributed by atoms with E-state index >= 15 is 0 Å². The summed E-state index contributed by atoms with van der Waals surface area (Å²) in [6.07, 6.45) is 1.82. The summed E-state index contributed by atoms with van der Waals surface area (Å²) in [6, 6.07) is 14.2. The smallest absolute Gasteiger partial charge is 0.0705 e. The Hall–Kier alpha value is -1.71. The number of benzene rings is 1. The Morgan fingerprint density at radius 3 is 2.76 bits per heavy atom. The third-order valence-electron chi connectivity index (χ3n) is 2.87. The van der Waals surface area contributed by atoms with E-state index in [0.29, 0.717) is 0 Å². The number of nitrogens with two attached hydrogens (primary N) is 1. The van der Waals surface area contributed by atoms with Crippen LogP contribution >= 0.6 is 11.3 Å². The van der Waals surface area contributed by atoms with E-state index in [1.807, 2.05) is 36.5 Å². The molecule has 1 aromatic carbocycles. The van der Waals surface area contributed by atoms with E-state index in [-0.39, 0.29) is 6.04 Å². The fourth-order valence-electron chi connectivity index (χ4n) is 2.01. The van der Waals surface area contributed by atoms with Crippen LogP contribution in [0.4, 0.5) is 0 Å². The van der Waals surface area contributed by atoms with Crippen LogP contribution in [0.5, 0.6) is 0 Å². The van der Waals surface area contributed by atoms with Crippen molar-refractivity contribution in [1.29, 1.82) is 0 Å². The molecule has 2 N–H and O–H groups in total. The molecule has 17 heavy (non-hydrogen) atoms. The van der Waals surface area contributed by atoms with E-state index in [0.717, 1.165) is 16.5 Å². The molecule has 0 unspecified atom stereocenters. The lowest BCUT2D eigenvalue weighted by molar-refractivity contribution is 0.901. The first kappa shape index (κ1) is 10.4. The van der Waals surface area contributed by atoms with Crippen molar-refractivity contribution in [3.8, 4) is 0 Å². The van der Waals surface area contributed by atoms with Crippen LogP contribution in [0.15, 0.2) is 54.0 Å². The summed E-state index contributed by atoms with van der Waals surface area (Å²) in [5.41, 5.74) is 8.44. The Balaban J connectivity index is 2.17. The lowest BCUT2D eigenvalue weighted by Crippen LogP contribution is -2.10. The van der Waals surface area contributed by atoms with Gasteiger partial charge in [0.25, 0.3) is 0 Å².